The van der Waals surface area contributed by atoms with Crippen LogP contribution >= 0.6 is 0 Å². The third-order valence-corrected chi connectivity index (χ3v) is 5.34. The van der Waals surface area contributed by atoms with Crippen LogP contribution < -0.4 is 5.32 Å². The molecule has 1 aliphatic carbocycles. The van der Waals surface area contributed by atoms with Crippen molar-refractivity contribution in [3.63, 3.8) is 0 Å². The first-order valence-corrected chi connectivity index (χ1v) is 8.80. The summed E-state index contributed by atoms with van der Waals surface area (Å²) in [5.41, 5.74) is 1.93. The largest absolute Gasteiger partial charge is 0.316 e. The van der Waals surface area contributed by atoms with E-state index >= 15 is 0 Å². The molecule has 21 heavy (non-hydrogen) atoms. The highest BCUT2D eigenvalue weighted by Gasteiger charge is 2.30. The molecular formula is C16H22N2O2S. The van der Waals surface area contributed by atoms with Crippen molar-refractivity contribution >= 4 is 10.0 Å². The van der Waals surface area contributed by atoms with E-state index < -0.39 is 10.0 Å². The first-order chi connectivity index (χ1) is 10.0. The molecule has 0 radical (unpaired) electrons. The average molecular weight is 306 g/mol. The van der Waals surface area contributed by atoms with E-state index in [1.807, 2.05) is 31.3 Å². The number of terminal acetylenes is 1. The Morgan fingerprint density at radius 2 is 1.90 bits per heavy atom. The quantitative estimate of drug-likeness (QED) is 0.742. The Hall–Kier alpha value is -1.35. The summed E-state index contributed by atoms with van der Waals surface area (Å²) in [6, 6.07) is 7.65. The van der Waals surface area contributed by atoms with E-state index in [2.05, 4.69) is 11.2 Å². The molecule has 0 atom stereocenters. The van der Waals surface area contributed by atoms with Gasteiger partial charge in [0.15, 0.2) is 0 Å². The number of rotatable bonds is 8. The highest BCUT2D eigenvalue weighted by atomic mass is 32.2. The molecular weight excluding hydrogens is 284 g/mol. The van der Waals surface area contributed by atoms with Gasteiger partial charge in [-0.1, -0.05) is 30.2 Å². The second kappa shape index (κ2) is 7.08. The summed E-state index contributed by atoms with van der Waals surface area (Å²) in [5, 5.41) is 3.07. The predicted molar refractivity (Wildman–Crippen MR) is 85.0 cm³/mol. The maximum Gasteiger partial charge on any atom is 0.219 e. The summed E-state index contributed by atoms with van der Waals surface area (Å²) in [7, 11) is -1.46. The molecule has 5 heteroatoms. The predicted octanol–water partition coefficient (Wildman–Crippen LogP) is 1.58. The molecule has 1 fully saturated rings. The monoisotopic (exact) mass is 306 g/mol. The van der Waals surface area contributed by atoms with E-state index in [-0.39, 0.29) is 12.3 Å². The summed E-state index contributed by atoms with van der Waals surface area (Å²) >= 11 is 0. The fourth-order valence-electron chi connectivity index (χ4n) is 2.23. The van der Waals surface area contributed by atoms with Crippen LogP contribution in [-0.4, -0.2) is 32.9 Å². The Morgan fingerprint density at radius 1 is 1.29 bits per heavy atom. The van der Waals surface area contributed by atoms with E-state index in [1.165, 1.54) is 4.31 Å². The van der Waals surface area contributed by atoms with Crippen molar-refractivity contribution in [1.29, 1.82) is 0 Å². The standard InChI is InChI=1S/C16H22N2O2S/c1-3-10-18(12-15-6-7-15)21(19,20)13-16-8-4-14(5-9-16)11-17-2/h1,4-5,8-9,15,17H,6-7,10-13H2,2H3. The normalized spacial score (nSPS) is 15.1. The van der Waals surface area contributed by atoms with E-state index in [4.69, 9.17) is 6.42 Å². The van der Waals surface area contributed by atoms with Gasteiger partial charge >= 0.3 is 0 Å². The molecule has 0 bridgehead atoms. The molecule has 0 spiro atoms. The molecule has 0 aliphatic heterocycles. The van der Waals surface area contributed by atoms with Gasteiger partial charge in [-0.05, 0) is 36.9 Å². The van der Waals surface area contributed by atoms with Gasteiger partial charge in [0.05, 0.1) is 12.3 Å². The lowest BCUT2D eigenvalue weighted by atomic mass is 10.1. The number of nitrogens with zero attached hydrogens (tertiary/aromatic N) is 1. The van der Waals surface area contributed by atoms with Crippen LogP contribution in [0.3, 0.4) is 0 Å². The van der Waals surface area contributed by atoms with Crippen molar-refractivity contribution in [2.75, 3.05) is 20.1 Å². The van der Waals surface area contributed by atoms with Crippen molar-refractivity contribution in [3.8, 4) is 12.3 Å². The van der Waals surface area contributed by atoms with Crippen LogP contribution in [0.1, 0.15) is 24.0 Å². The molecule has 1 N–H and O–H groups in total. The summed E-state index contributed by atoms with van der Waals surface area (Å²) in [6.07, 6.45) is 7.52. The van der Waals surface area contributed by atoms with Gasteiger partial charge in [0.25, 0.3) is 0 Å². The van der Waals surface area contributed by atoms with E-state index in [0.29, 0.717) is 12.5 Å². The Balaban J connectivity index is 2.05. The van der Waals surface area contributed by atoms with Gasteiger partial charge in [0, 0.05) is 13.1 Å². The smallest absolute Gasteiger partial charge is 0.219 e. The van der Waals surface area contributed by atoms with Gasteiger partial charge in [-0.3, -0.25) is 0 Å². The lowest BCUT2D eigenvalue weighted by Crippen LogP contribution is -2.34. The SMILES string of the molecule is C#CCN(CC1CC1)S(=O)(=O)Cc1ccc(CNC)cc1. The second-order valence-electron chi connectivity index (χ2n) is 5.54. The molecule has 1 aromatic carbocycles. The molecule has 0 amide bonds. The van der Waals surface area contributed by atoms with Crippen LogP contribution in [0.4, 0.5) is 0 Å². The van der Waals surface area contributed by atoms with Crippen molar-refractivity contribution in [1.82, 2.24) is 9.62 Å². The molecule has 1 saturated carbocycles. The Morgan fingerprint density at radius 3 is 2.43 bits per heavy atom. The highest BCUT2D eigenvalue weighted by Crippen LogP contribution is 2.30. The maximum atomic E-state index is 12.5. The van der Waals surface area contributed by atoms with Crippen molar-refractivity contribution < 1.29 is 8.42 Å². The van der Waals surface area contributed by atoms with Gasteiger partial charge in [0.2, 0.25) is 10.0 Å². The third-order valence-electron chi connectivity index (χ3n) is 3.57. The topological polar surface area (TPSA) is 49.4 Å². The maximum absolute atomic E-state index is 12.5. The minimum Gasteiger partial charge on any atom is -0.316 e. The molecule has 1 aromatic rings. The molecule has 0 saturated heterocycles. The van der Waals surface area contributed by atoms with Crippen LogP contribution in [0.25, 0.3) is 0 Å². The zero-order chi connectivity index (χ0) is 15.3. The van der Waals surface area contributed by atoms with Crippen molar-refractivity contribution in [2.45, 2.75) is 25.1 Å². The fourth-order valence-corrected chi connectivity index (χ4v) is 3.73. The van der Waals surface area contributed by atoms with Crippen LogP contribution in [-0.2, 0) is 22.3 Å². The summed E-state index contributed by atoms with van der Waals surface area (Å²) in [4.78, 5) is 0. The number of hydrogen-bond acceptors (Lipinski definition) is 3. The summed E-state index contributed by atoms with van der Waals surface area (Å²) in [5.74, 6) is 2.96. The number of nitrogens with one attached hydrogen (secondary N) is 1. The molecule has 0 heterocycles. The zero-order valence-corrected chi connectivity index (χ0v) is 13.2. The second-order valence-corrected chi connectivity index (χ2v) is 7.51. The molecule has 0 aromatic heterocycles. The first kappa shape index (κ1) is 16.0. The minimum atomic E-state index is -3.34. The average Bonchev–Trinajstić information content (AvgIpc) is 3.25. The van der Waals surface area contributed by atoms with E-state index in [0.717, 1.165) is 30.5 Å². The number of hydrogen-bond donors (Lipinski definition) is 1. The molecule has 0 unspecified atom stereocenters. The third kappa shape index (κ3) is 4.85. The number of sulfonamides is 1. The van der Waals surface area contributed by atoms with Gasteiger partial charge < -0.3 is 5.32 Å². The first-order valence-electron chi connectivity index (χ1n) is 7.19. The van der Waals surface area contributed by atoms with E-state index in [1.54, 1.807) is 0 Å². The molecule has 4 nitrogen and oxygen atoms in total. The van der Waals surface area contributed by atoms with Crippen LogP contribution in [0, 0.1) is 18.3 Å². The van der Waals surface area contributed by atoms with Gasteiger partial charge in [-0.15, -0.1) is 6.42 Å². The highest BCUT2D eigenvalue weighted by molar-refractivity contribution is 7.88. The van der Waals surface area contributed by atoms with Crippen LogP contribution in [0.15, 0.2) is 24.3 Å². The molecule has 2 rings (SSSR count). The van der Waals surface area contributed by atoms with Gasteiger partial charge in [0.1, 0.15) is 0 Å². The molecule has 114 valence electrons. The van der Waals surface area contributed by atoms with Gasteiger partial charge in [-0.25, -0.2) is 8.42 Å². The van der Waals surface area contributed by atoms with Crippen molar-refractivity contribution in [3.05, 3.63) is 35.4 Å². The lowest BCUT2D eigenvalue weighted by molar-refractivity contribution is 0.429. The Kier molecular flexibility index (Phi) is 5.40. The Bertz CT molecular complexity index is 598. The van der Waals surface area contributed by atoms with Gasteiger partial charge in [-0.2, -0.15) is 4.31 Å². The summed E-state index contributed by atoms with van der Waals surface area (Å²) in [6.45, 7) is 1.50. The molecule has 1 aliphatic rings. The zero-order valence-electron chi connectivity index (χ0n) is 12.4. The fraction of sp³-hybridized carbons (Fsp3) is 0.500. The Labute approximate surface area is 127 Å². The number of benzene rings is 1. The van der Waals surface area contributed by atoms with Crippen LogP contribution in [0.2, 0.25) is 0 Å². The van der Waals surface area contributed by atoms with Crippen molar-refractivity contribution in [2.24, 2.45) is 5.92 Å². The summed E-state index contributed by atoms with van der Waals surface area (Å²) < 4.78 is 26.4. The minimum absolute atomic E-state index is 0.0151. The van der Waals surface area contributed by atoms with Crippen LogP contribution in [0.5, 0.6) is 0 Å². The van der Waals surface area contributed by atoms with E-state index in [9.17, 15) is 8.42 Å². The lowest BCUT2D eigenvalue weighted by Gasteiger charge is -2.19.